The third-order valence-corrected chi connectivity index (χ3v) is 7.33. The molecule has 0 aromatic heterocycles. The molecule has 2 aliphatic carbocycles. The molecule has 0 radical (unpaired) electrons. The van der Waals surface area contributed by atoms with E-state index in [9.17, 15) is 14.7 Å². The average molecular weight is 441 g/mol. The Morgan fingerprint density at radius 1 is 1.26 bits per heavy atom. The summed E-state index contributed by atoms with van der Waals surface area (Å²) in [5.41, 5.74) is 0.765. The first kappa shape index (κ1) is 26.6. The summed E-state index contributed by atoms with van der Waals surface area (Å²) in [4.78, 5) is 24.5. The standard InChI is InChI=1S/C25H37O5.Na/c1-6-25(4,5)24(28)30-21-12-15(2)11-17-8-7-16(3)20(23(17)21)10-9-19-13-18(26)14-22(27)29-19;/h7-8,11,15-16,18-21,23H,6,9-10,12-14H2,1-5H3;/q-1;+1/t15-,16-,18+,19+,20-,21-,23-;/m0./s1. The molecular weight excluding hydrogens is 403 g/mol. The number of carbonyl (C=O) groups excluding carboxylic acids is 2. The Balaban J connectivity index is 0.00000341. The van der Waals surface area contributed by atoms with Crippen molar-refractivity contribution in [3.63, 3.8) is 0 Å². The molecule has 3 rings (SSSR count). The molecule has 1 saturated heterocycles. The number of hydrogen-bond donors (Lipinski definition) is 0. The number of rotatable bonds is 6. The monoisotopic (exact) mass is 440 g/mol. The second-order valence-electron chi connectivity index (χ2n) is 10.2. The Hall–Kier alpha value is -0.620. The number of esters is 2. The van der Waals surface area contributed by atoms with E-state index in [0.717, 1.165) is 19.3 Å². The number of carbonyl (C=O) groups is 2. The van der Waals surface area contributed by atoms with Crippen molar-refractivity contribution in [2.24, 2.45) is 29.1 Å². The van der Waals surface area contributed by atoms with Gasteiger partial charge in [-0.15, -0.1) is 6.10 Å². The maximum absolute atomic E-state index is 12.9. The Labute approximate surface area is 209 Å². The molecule has 5 nitrogen and oxygen atoms in total. The van der Waals surface area contributed by atoms with Crippen LogP contribution >= 0.6 is 0 Å². The van der Waals surface area contributed by atoms with E-state index in [2.05, 4.69) is 32.1 Å². The first-order valence-corrected chi connectivity index (χ1v) is 11.6. The van der Waals surface area contributed by atoms with E-state index in [1.165, 1.54) is 5.57 Å². The SMILES string of the molecule is CCC(C)(C)C(=O)O[C@H]1C[C@@H](C)C=C2C=C[C@H](C)[C@H](CC[C@@H]3C[C@@H]([O-])CC(=O)O3)[C@H]21.[Na+]. The van der Waals surface area contributed by atoms with Crippen LogP contribution in [0.5, 0.6) is 0 Å². The molecule has 1 heterocycles. The van der Waals surface area contributed by atoms with Crippen LogP contribution < -0.4 is 34.7 Å². The Morgan fingerprint density at radius 3 is 2.61 bits per heavy atom. The molecule has 6 heteroatoms. The van der Waals surface area contributed by atoms with Crippen LogP contribution in [0.2, 0.25) is 0 Å². The van der Waals surface area contributed by atoms with Crippen molar-refractivity contribution in [1.29, 1.82) is 0 Å². The Morgan fingerprint density at radius 2 is 1.97 bits per heavy atom. The van der Waals surface area contributed by atoms with Crippen LogP contribution in [-0.4, -0.2) is 30.3 Å². The average Bonchev–Trinajstić information content (AvgIpc) is 2.66. The normalized spacial score (nSPS) is 35.4. The van der Waals surface area contributed by atoms with Gasteiger partial charge < -0.3 is 14.6 Å². The Bertz CT molecular complexity index is 713. The van der Waals surface area contributed by atoms with E-state index in [1.807, 2.05) is 20.8 Å². The molecule has 0 bridgehead atoms. The molecule has 7 atom stereocenters. The maximum atomic E-state index is 12.9. The van der Waals surface area contributed by atoms with Crippen LogP contribution in [0, 0.1) is 29.1 Å². The fourth-order valence-electron chi connectivity index (χ4n) is 5.06. The number of fused-ring (bicyclic) bond motifs is 1. The summed E-state index contributed by atoms with van der Waals surface area (Å²) in [5, 5.41) is 11.9. The summed E-state index contributed by atoms with van der Waals surface area (Å²) in [6, 6.07) is 0. The van der Waals surface area contributed by atoms with Gasteiger partial charge in [-0.25, -0.2) is 0 Å². The van der Waals surface area contributed by atoms with Crippen molar-refractivity contribution < 1.29 is 53.7 Å². The molecular formula is C25H37NaO5. The summed E-state index contributed by atoms with van der Waals surface area (Å²) in [6.45, 7) is 10.3. The minimum absolute atomic E-state index is 0. The second kappa shape index (κ2) is 11.0. The molecule has 0 amide bonds. The molecule has 168 valence electrons. The predicted octanol–water partition coefficient (Wildman–Crippen LogP) is 0.958. The first-order valence-electron chi connectivity index (χ1n) is 11.6. The van der Waals surface area contributed by atoms with Crippen molar-refractivity contribution >= 4 is 11.9 Å². The van der Waals surface area contributed by atoms with E-state index in [0.29, 0.717) is 30.6 Å². The van der Waals surface area contributed by atoms with Crippen LogP contribution in [0.1, 0.15) is 73.1 Å². The number of allylic oxidation sites excluding steroid dienone is 3. The molecule has 1 fully saturated rings. The van der Waals surface area contributed by atoms with Crippen molar-refractivity contribution in [3.8, 4) is 0 Å². The minimum Gasteiger partial charge on any atom is -0.851 e. The summed E-state index contributed by atoms with van der Waals surface area (Å²) in [7, 11) is 0. The molecule has 0 saturated carbocycles. The first-order chi connectivity index (χ1) is 14.1. The van der Waals surface area contributed by atoms with E-state index in [-0.39, 0.29) is 66.0 Å². The molecule has 3 aliphatic rings. The van der Waals surface area contributed by atoms with Gasteiger partial charge in [-0.05, 0) is 69.3 Å². The van der Waals surface area contributed by atoms with Gasteiger partial charge in [-0.2, -0.15) is 0 Å². The molecule has 0 unspecified atom stereocenters. The van der Waals surface area contributed by atoms with E-state index < -0.39 is 11.5 Å². The Kier molecular flexibility index (Phi) is 9.45. The topological polar surface area (TPSA) is 75.7 Å². The van der Waals surface area contributed by atoms with E-state index in [1.54, 1.807) is 0 Å². The van der Waals surface area contributed by atoms with E-state index >= 15 is 0 Å². The fourth-order valence-corrected chi connectivity index (χ4v) is 5.06. The van der Waals surface area contributed by atoms with Gasteiger partial charge in [0, 0.05) is 12.3 Å². The van der Waals surface area contributed by atoms with Gasteiger partial charge in [0.2, 0.25) is 0 Å². The molecule has 0 aromatic carbocycles. The van der Waals surface area contributed by atoms with Crippen molar-refractivity contribution in [3.05, 3.63) is 23.8 Å². The molecule has 31 heavy (non-hydrogen) atoms. The zero-order valence-corrected chi connectivity index (χ0v) is 22.1. The number of ether oxygens (including phenoxy) is 2. The van der Waals surface area contributed by atoms with Gasteiger partial charge in [-0.3, -0.25) is 9.59 Å². The summed E-state index contributed by atoms with van der Waals surface area (Å²) in [6.07, 6.45) is 8.95. The fraction of sp³-hybridized carbons (Fsp3) is 0.760. The van der Waals surface area contributed by atoms with Crippen molar-refractivity contribution in [2.75, 3.05) is 0 Å². The third kappa shape index (κ3) is 6.46. The van der Waals surface area contributed by atoms with Crippen molar-refractivity contribution in [2.45, 2.75) is 91.5 Å². The maximum Gasteiger partial charge on any atom is 1.00 e. The quantitative estimate of drug-likeness (QED) is 0.454. The van der Waals surface area contributed by atoms with Crippen LogP contribution in [0.25, 0.3) is 0 Å². The van der Waals surface area contributed by atoms with Gasteiger partial charge in [-0.1, -0.05) is 39.0 Å². The van der Waals surface area contributed by atoms with Crippen LogP contribution in [0.3, 0.4) is 0 Å². The van der Waals surface area contributed by atoms with Crippen LogP contribution in [-0.2, 0) is 19.1 Å². The van der Waals surface area contributed by atoms with Crippen LogP contribution in [0.4, 0.5) is 0 Å². The summed E-state index contributed by atoms with van der Waals surface area (Å²) < 4.78 is 11.6. The smallest absolute Gasteiger partial charge is 0.851 e. The van der Waals surface area contributed by atoms with Gasteiger partial charge in [0.05, 0.1) is 5.41 Å². The van der Waals surface area contributed by atoms with E-state index in [4.69, 9.17) is 9.47 Å². The van der Waals surface area contributed by atoms with Gasteiger partial charge >= 0.3 is 41.5 Å². The predicted molar refractivity (Wildman–Crippen MR) is 113 cm³/mol. The summed E-state index contributed by atoms with van der Waals surface area (Å²) >= 11 is 0. The zero-order valence-electron chi connectivity index (χ0n) is 20.1. The number of hydrogen-bond acceptors (Lipinski definition) is 5. The second-order valence-corrected chi connectivity index (χ2v) is 10.2. The summed E-state index contributed by atoms with van der Waals surface area (Å²) in [5.74, 6) is 0.645. The third-order valence-electron chi connectivity index (χ3n) is 7.33. The van der Waals surface area contributed by atoms with Crippen molar-refractivity contribution in [1.82, 2.24) is 0 Å². The zero-order chi connectivity index (χ0) is 22.1. The molecule has 1 aliphatic heterocycles. The number of cyclic esters (lactones) is 1. The largest absolute Gasteiger partial charge is 1.00 e. The van der Waals surface area contributed by atoms with Crippen LogP contribution in [0.15, 0.2) is 23.8 Å². The molecule has 0 spiro atoms. The van der Waals surface area contributed by atoms with Gasteiger partial charge in [0.25, 0.3) is 0 Å². The van der Waals surface area contributed by atoms with Gasteiger partial charge in [0.1, 0.15) is 12.2 Å². The molecule has 0 aromatic rings. The molecule has 0 N–H and O–H groups in total. The van der Waals surface area contributed by atoms with Gasteiger partial charge in [0.15, 0.2) is 0 Å². The minimum atomic E-state index is -0.851.